The van der Waals surface area contributed by atoms with Gasteiger partial charge in [0, 0.05) is 5.41 Å². The number of Topliss-reactive ketones (excluding diaryl/α,β-unsaturated/α-hetero) is 1. The third-order valence-corrected chi connectivity index (χ3v) is 10.3. The van der Waals surface area contributed by atoms with Crippen molar-refractivity contribution in [1.82, 2.24) is 0 Å². The third-order valence-electron chi connectivity index (χ3n) is 10.3. The monoisotopic (exact) mass is 452 g/mol. The highest BCUT2D eigenvalue weighted by Crippen LogP contribution is 2.66. The molecule has 5 aliphatic rings. The molecule has 4 aliphatic carbocycles. The second-order valence-corrected chi connectivity index (χ2v) is 11.7. The summed E-state index contributed by atoms with van der Waals surface area (Å²) >= 11 is 0. The number of benzene rings is 1. The molecule has 1 aromatic carbocycles. The van der Waals surface area contributed by atoms with Gasteiger partial charge >= 0.3 is 0 Å². The number of allylic oxidation sites excluding steroid dienone is 1. The summed E-state index contributed by atoms with van der Waals surface area (Å²) in [6.07, 6.45) is 10.4. The Hall–Kier alpha value is -2.01. The number of aliphatic hydroxyl groups excluding tert-OH is 1. The van der Waals surface area contributed by atoms with Gasteiger partial charge in [-0.05, 0) is 110 Å². The Morgan fingerprint density at radius 3 is 2.76 bits per heavy atom. The largest absolute Gasteiger partial charge is 0.493 e. The highest BCUT2D eigenvalue weighted by Gasteiger charge is 2.61. The van der Waals surface area contributed by atoms with Crippen LogP contribution in [0.1, 0.15) is 70.8 Å². The van der Waals surface area contributed by atoms with Crippen LogP contribution >= 0.6 is 0 Å². The van der Waals surface area contributed by atoms with E-state index >= 15 is 0 Å². The van der Waals surface area contributed by atoms with E-state index in [1.165, 1.54) is 12.8 Å². The van der Waals surface area contributed by atoms with Crippen molar-refractivity contribution in [3.05, 3.63) is 23.3 Å². The van der Waals surface area contributed by atoms with Crippen molar-refractivity contribution in [2.24, 2.45) is 34.5 Å². The number of ketones is 1. The maximum Gasteiger partial charge on any atom is 0.231 e. The van der Waals surface area contributed by atoms with Crippen molar-refractivity contribution in [1.29, 1.82) is 0 Å². The minimum atomic E-state index is -0.245. The Balaban J connectivity index is 1.31. The summed E-state index contributed by atoms with van der Waals surface area (Å²) in [5.41, 5.74) is 1.97. The molecule has 0 amide bonds. The van der Waals surface area contributed by atoms with E-state index in [9.17, 15) is 9.90 Å². The van der Waals surface area contributed by atoms with E-state index in [0.717, 1.165) is 49.7 Å². The van der Waals surface area contributed by atoms with E-state index in [2.05, 4.69) is 19.9 Å². The van der Waals surface area contributed by atoms with E-state index < -0.39 is 0 Å². The van der Waals surface area contributed by atoms with Gasteiger partial charge in [0.2, 0.25) is 12.5 Å². The lowest BCUT2D eigenvalue weighted by atomic mass is 9.45. The average Bonchev–Trinajstić information content (AvgIpc) is 3.37. The van der Waals surface area contributed by atoms with Gasteiger partial charge in [-0.3, -0.25) is 4.79 Å². The molecule has 0 radical (unpaired) electrons. The lowest BCUT2D eigenvalue weighted by Crippen LogP contribution is -2.54. The standard InChI is InChI=1S/C28H36O5/c1-27-8-6-19(29)14-18(27)4-5-20-21(27)7-9-28(2)22(20)13-17(26(28)30)10-16-11-23(31-3)25-24(12-16)32-15-33-25/h10-12,18-22,29H,4-9,13-15H2,1-3H3/b17-10+/t18-,19?,20?,21?,22?,27-,28-/m0/s1. The molecule has 0 bridgehead atoms. The maximum absolute atomic E-state index is 13.7. The van der Waals surface area contributed by atoms with Crippen molar-refractivity contribution in [3.8, 4) is 17.2 Å². The number of fused-ring (bicyclic) bond motifs is 6. The second-order valence-electron chi connectivity index (χ2n) is 11.7. The molecule has 5 nitrogen and oxygen atoms in total. The van der Waals surface area contributed by atoms with Crippen LogP contribution in [-0.2, 0) is 4.79 Å². The molecule has 5 heteroatoms. The van der Waals surface area contributed by atoms with Gasteiger partial charge in [-0.15, -0.1) is 0 Å². The Labute approximate surface area is 196 Å². The first kappa shape index (κ1) is 21.5. The molecular weight excluding hydrogens is 416 g/mol. The Morgan fingerprint density at radius 1 is 1.09 bits per heavy atom. The molecular formula is C28H36O5. The molecule has 1 N–H and O–H groups in total. The SMILES string of the molecule is COc1cc(/C=C2\CC3C4CC[C@H]5CC(O)CC[C@]5(C)C4CC[C@]3(C)C2=O)cc2c1OCO2. The smallest absolute Gasteiger partial charge is 0.231 e. The fourth-order valence-electron chi connectivity index (χ4n) is 8.47. The fraction of sp³-hybridized carbons (Fsp3) is 0.679. The van der Waals surface area contributed by atoms with E-state index in [1.807, 2.05) is 12.1 Å². The molecule has 1 heterocycles. The molecule has 0 saturated heterocycles. The van der Waals surface area contributed by atoms with Crippen molar-refractivity contribution < 1.29 is 24.1 Å². The molecule has 178 valence electrons. The predicted octanol–water partition coefficient (Wildman–Crippen LogP) is 5.39. The first-order chi connectivity index (χ1) is 15.8. The maximum atomic E-state index is 13.7. The zero-order chi connectivity index (χ0) is 23.0. The summed E-state index contributed by atoms with van der Waals surface area (Å²) in [5, 5.41) is 10.3. The minimum Gasteiger partial charge on any atom is -0.493 e. The number of aliphatic hydroxyl groups is 1. The molecule has 0 aromatic heterocycles. The van der Waals surface area contributed by atoms with E-state index in [4.69, 9.17) is 14.2 Å². The highest BCUT2D eigenvalue weighted by molar-refractivity contribution is 6.06. The summed E-state index contributed by atoms with van der Waals surface area (Å²) < 4.78 is 16.6. The number of hydrogen-bond acceptors (Lipinski definition) is 5. The van der Waals surface area contributed by atoms with Gasteiger partial charge in [0.25, 0.3) is 0 Å². The molecule has 7 atom stereocenters. The van der Waals surface area contributed by atoms with Crippen LogP contribution in [0, 0.1) is 34.5 Å². The molecule has 0 spiro atoms. The average molecular weight is 453 g/mol. The van der Waals surface area contributed by atoms with Gasteiger partial charge in [0.1, 0.15) is 0 Å². The zero-order valence-electron chi connectivity index (χ0n) is 20.1. The van der Waals surface area contributed by atoms with Gasteiger partial charge in [-0.1, -0.05) is 13.8 Å². The number of carbonyl (C=O) groups excluding carboxylic acids is 1. The number of methoxy groups -OCH3 is 1. The first-order valence-electron chi connectivity index (χ1n) is 12.7. The molecule has 4 unspecified atom stereocenters. The summed E-state index contributed by atoms with van der Waals surface area (Å²) in [4.78, 5) is 13.7. The van der Waals surface area contributed by atoms with Gasteiger partial charge < -0.3 is 19.3 Å². The van der Waals surface area contributed by atoms with Crippen LogP contribution in [0.5, 0.6) is 17.2 Å². The molecule has 6 rings (SSSR count). The zero-order valence-corrected chi connectivity index (χ0v) is 20.1. The number of carbonyl (C=O) groups is 1. The van der Waals surface area contributed by atoms with Crippen molar-refractivity contribution >= 4 is 11.9 Å². The predicted molar refractivity (Wildman–Crippen MR) is 125 cm³/mol. The Kier molecular flexibility index (Phi) is 4.89. The quantitative estimate of drug-likeness (QED) is 0.610. The molecule has 33 heavy (non-hydrogen) atoms. The van der Waals surface area contributed by atoms with Crippen LogP contribution < -0.4 is 14.2 Å². The van der Waals surface area contributed by atoms with Crippen LogP contribution in [-0.4, -0.2) is 30.9 Å². The van der Waals surface area contributed by atoms with E-state index in [0.29, 0.717) is 52.1 Å². The van der Waals surface area contributed by atoms with Crippen LogP contribution in [0.2, 0.25) is 0 Å². The molecule has 1 aliphatic heterocycles. The van der Waals surface area contributed by atoms with Crippen LogP contribution in [0.4, 0.5) is 0 Å². The number of hydrogen-bond donors (Lipinski definition) is 1. The van der Waals surface area contributed by atoms with Crippen molar-refractivity contribution in [3.63, 3.8) is 0 Å². The van der Waals surface area contributed by atoms with Crippen molar-refractivity contribution in [2.45, 2.75) is 71.3 Å². The Bertz CT molecular complexity index is 1010. The van der Waals surface area contributed by atoms with E-state index in [1.54, 1.807) is 7.11 Å². The second kappa shape index (κ2) is 7.49. The van der Waals surface area contributed by atoms with E-state index in [-0.39, 0.29) is 18.3 Å². The van der Waals surface area contributed by atoms with Crippen LogP contribution in [0.15, 0.2) is 17.7 Å². The summed E-state index contributed by atoms with van der Waals surface area (Å²) in [5.74, 6) is 4.67. The summed E-state index contributed by atoms with van der Waals surface area (Å²) in [7, 11) is 1.63. The first-order valence-corrected chi connectivity index (χ1v) is 12.7. The van der Waals surface area contributed by atoms with Gasteiger partial charge in [0.05, 0.1) is 13.2 Å². The minimum absolute atomic E-state index is 0.116. The van der Waals surface area contributed by atoms with Crippen LogP contribution in [0.25, 0.3) is 6.08 Å². The van der Waals surface area contributed by atoms with Gasteiger partial charge in [0.15, 0.2) is 17.3 Å². The highest BCUT2D eigenvalue weighted by atomic mass is 16.7. The topological polar surface area (TPSA) is 65.0 Å². The van der Waals surface area contributed by atoms with Crippen LogP contribution in [0.3, 0.4) is 0 Å². The summed E-state index contributed by atoms with van der Waals surface area (Å²) in [6.45, 7) is 4.93. The van der Waals surface area contributed by atoms with Crippen molar-refractivity contribution in [2.75, 3.05) is 13.9 Å². The van der Waals surface area contributed by atoms with Gasteiger partial charge in [-0.2, -0.15) is 0 Å². The molecule has 1 aromatic rings. The third kappa shape index (κ3) is 3.10. The molecule has 4 saturated carbocycles. The normalized spacial score (nSPS) is 42.6. The molecule has 4 fully saturated rings. The lowest BCUT2D eigenvalue weighted by molar-refractivity contribution is -0.141. The summed E-state index contributed by atoms with van der Waals surface area (Å²) in [6, 6.07) is 3.90. The Morgan fingerprint density at radius 2 is 1.94 bits per heavy atom. The van der Waals surface area contributed by atoms with Gasteiger partial charge in [-0.25, -0.2) is 0 Å². The number of ether oxygens (including phenoxy) is 3. The lowest BCUT2D eigenvalue weighted by Gasteiger charge is -2.59. The number of rotatable bonds is 2. The fourth-order valence-corrected chi connectivity index (χ4v) is 8.47.